The van der Waals surface area contributed by atoms with Gasteiger partial charge in [-0.1, -0.05) is 0 Å². The van der Waals surface area contributed by atoms with E-state index in [-0.39, 0.29) is 12.5 Å². The molecule has 1 amide bonds. The minimum absolute atomic E-state index is 0.116. The molecule has 0 unspecified atom stereocenters. The van der Waals surface area contributed by atoms with Crippen molar-refractivity contribution in [2.24, 2.45) is 5.73 Å². The maximum Gasteiger partial charge on any atom is 0.224 e. The molecule has 0 atom stereocenters. The third kappa shape index (κ3) is 3.97. The van der Waals surface area contributed by atoms with Crippen LogP contribution in [-0.4, -0.2) is 17.6 Å². The van der Waals surface area contributed by atoms with Gasteiger partial charge < -0.3 is 10.8 Å². The second-order valence-electron chi connectivity index (χ2n) is 1.97. The Labute approximate surface area is 54.9 Å². The number of rotatable bonds is 4. The van der Waals surface area contributed by atoms with Crippen LogP contribution in [0.5, 0.6) is 0 Å². The van der Waals surface area contributed by atoms with E-state index in [4.69, 9.17) is 10.8 Å². The standard InChI is InChI=1S/C6H12NO2/c1-5(6(7)9)3-2-4-8/h8H,2-4H2,1H3,(H2,7,9). The van der Waals surface area contributed by atoms with Crippen LogP contribution in [0.15, 0.2) is 0 Å². The van der Waals surface area contributed by atoms with Gasteiger partial charge in [0.25, 0.3) is 0 Å². The maximum absolute atomic E-state index is 10.3. The van der Waals surface area contributed by atoms with E-state index in [1.807, 2.05) is 0 Å². The fourth-order valence-corrected chi connectivity index (χ4v) is 0.467. The van der Waals surface area contributed by atoms with E-state index >= 15 is 0 Å². The number of primary amides is 1. The molecule has 0 aliphatic heterocycles. The van der Waals surface area contributed by atoms with E-state index < -0.39 is 0 Å². The number of amides is 1. The maximum atomic E-state index is 10.3. The molecular formula is C6H12NO2. The molecule has 1 radical (unpaired) electrons. The number of aliphatic hydroxyl groups excluding tert-OH is 1. The van der Waals surface area contributed by atoms with Crippen molar-refractivity contribution in [3.05, 3.63) is 5.92 Å². The highest BCUT2D eigenvalue weighted by Gasteiger charge is 2.07. The minimum atomic E-state index is -0.372. The van der Waals surface area contributed by atoms with Crippen LogP contribution in [0.3, 0.4) is 0 Å². The molecule has 0 aliphatic carbocycles. The predicted octanol–water partition coefficient (Wildman–Crippen LogP) is -0.161. The summed E-state index contributed by atoms with van der Waals surface area (Å²) in [7, 11) is 0. The van der Waals surface area contributed by atoms with Gasteiger partial charge in [-0.25, -0.2) is 0 Å². The zero-order chi connectivity index (χ0) is 7.28. The molecule has 0 fully saturated rings. The number of aliphatic hydroxyl groups is 1. The molecule has 0 aliphatic rings. The molecule has 9 heavy (non-hydrogen) atoms. The average Bonchev–Trinajstić information content (AvgIpc) is 1.82. The number of hydrogen-bond donors (Lipinski definition) is 2. The van der Waals surface area contributed by atoms with Crippen molar-refractivity contribution < 1.29 is 9.90 Å². The molecule has 53 valence electrons. The zero-order valence-electron chi connectivity index (χ0n) is 5.55. The molecule has 0 spiro atoms. The second kappa shape index (κ2) is 4.32. The van der Waals surface area contributed by atoms with Gasteiger partial charge in [-0.15, -0.1) is 0 Å². The van der Waals surface area contributed by atoms with Crippen LogP contribution in [0.1, 0.15) is 19.8 Å². The monoisotopic (exact) mass is 130 g/mol. The zero-order valence-corrected chi connectivity index (χ0v) is 5.55. The summed E-state index contributed by atoms with van der Waals surface area (Å²) in [6.45, 7) is 1.79. The first kappa shape index (κ1) is 8.43. The Morgan fingerprint density at radius 1 is 1.67 bits per heavy atom. The summed E-state index contributed by atoms with van der Waals surface area (Å²) < 4.78 is 0. The van der Waals surface area contributed by atoms with Crippen LogP contribution in [0.2, 0.25) is 0 Å². The molecule has 3 heteroatoms. The summed E-state index contributed by atoms with van der Waals surface area (Å²) in [5.74, 6) is 0.257. The Balaban J connectivity index is 3.27. The molecule has 0 rings (SSSR count). The highest BCUT2D eigenvalue weighted by atomic mass is 16.2. The lowest BCUT2D eigenvalue weighted by molar-refractivity contribution is -0.116. The highest BCUT2D eigenvalue weighted by molar-refractivity contribution is 5.87. The average molecular weight is 130 g/mol. The Morgan fingerprint density at radius 2 is 2.22 bits per heavy atom. The third-order valence-electron chi connectivity index (χ3n) is 1.13. The predicted molar refractivity (Wildman–Crippen MR) is 34.4 cm³/mol. The van der Waals surface area contributed by atoms with E-state index in [1.54, 1.807) is 6.92 Å². The van der Waals surface area contributed by atoms with Gasteiger partial charge in [-0.05, 0) is 19.8 Å². The smallest absolute Gasteiger partial charge is 0.224 e. The second-order valence-corrected chi connectivity index (χ2v) is 1.97. The Kier molecular flexibility index (Phi) is 4.05. The largest absolute Gasteiger partial charge is 0.396 e. The lowest BCUT2D eigenvalue weighted by atomic mass is 10.1. The molecule has 0 aromatic carbocycles. The molecular weight excluding hydrogens is 118 g/mol. The molecule has 0 heterocycles. The Bertz CT molecular complexity index is 93.1. The summed E-state index contributed by atoms with van der Waals surface area (Å²) in [5, 5.41) is 8.33. The van der Waals surface area contributed by atoms with Crippen LogP contribution in [0.4, 0.5) is 0 Å². The number of nitrogens with two attached hydrogens (primary N) is 1. The normalized spacial score (nSPS) is 10.1. The minimum Gasteiger partial charge on any atom is -0.396 e. The van der Waals surface area contributed by atoms with Crippen molar-refractivity contribution in [1.29, 1.82) is 0 Å². The third-order valence-corrected chi connectivity index (χ3v) is 1.13. The highest BCUT2D eigenvalue weighted by Crippen LogP contribution is 2.04. The topological polar surface area (TPSA) is 63.3 Å². The Morgan fingerprint density at radius 3 is 2.56 bits per heavy atom. The lowest BCUT2D eigenvalue weighted by Gasteiger charge is -2.02. The fraction of sp³-hybridized carbons (Fsp3) is 0.667. The van der Waals surface area contributed by atoms with E-state index in [1.165, 1.54) is 0 Å². The van der Waals surface area contributed by atoms with Crippen LogP contribution >= 0.6 is 0 Å². The number of hydrogen-bond acceptors (Lipinski definition) is 2. The van der Waals surface area contributed by atoms with Gasteiger partial charge in [0.15, 0.2) is 0 Å². The molecule has 0 saturated carbocycles. The number of carbonyl (C=O) groups is 1. The first-order valence-corrected chi connectivity index (χ1v) is 2.91. The summed E-state index contributed by atoms with van der Waals surface area (Å²) in [4.78, 5) is 10.3. The lowest BCUT2D eigenvalue weighted by Crippen LogP contribution is -2.18. The molecule has 0 bridgehead atoms. The molecule has 3 nitrogen and oxygen atoms in total. The van der Waals surface area contributed by atoms with Gasteiger partial charge in [-0.3, -0.25) is 4.79 Å². The molecule has 0 aromatic heterocycles. The Hall–Kier alpha value is -0.570. The summed E-state index contributed by atoms with van der Waals surface area (Å²) in [6.07, 6.45) is 1.22. The summed E-state index contributed by atoms with van der Waals surface area (Å²) in [6, 6.07) is 0. The van der Waals surface area contributed by atoms with Crippen molar-refractivity contribution in [1.82, 2.24) is 0 Å². The van der Waals surface area contributed by atoms with Gasteiger partial charge in [0.2, 0.25) is 5.91 Å². The van der Waals surface area contributed by atoms with Crippen molar-refractivity contribution >= 4 is 5.91 Å². The fourth-order valence-electron chi connectivity index (χ4n) is 0.467. The van der Waals surface area contributed by atoms with Gasteiger partial charge in [-0.2, -0.15) is 0 Å². The van der Waals surface area contributed by atoms with E-state index in [9.17, 15) is 4.79 Å². The number of carbonyl (C=O) groups excluding carboxylic acids is 1. The van der Waals surface area contributed by atoms with Crippen molar-refractivity contribution in [3.8, 4) is 0 Å². The van der Waals surface area contributed by atoms with Crippen LogP contribution in [-0.2, 0) is 4.79 Å². The van der Waals surface area contributed by atoms with E-state index in [2.05, 4.69) is 0 Å². The summed E-state index contributed by atoms with van der Waals surface area (Å²) >= 11 is 0. The van der Waals surface area contributed by atoms with Crippen molar-refractivity contribution in [3.63, 3.8) is 0 Å². The first-order chi connectivity index (χ1) is 4.18. The quantitative estimate of drug-likeness (QED) is 0.555. The van der Waals surface area contributed by atoms with Gasteiger partial charge in [0.1, 0.15) is 0 Å². The van der Waals surface area contributed by atoms with Gasteiger partial charge >= 0.3 is 0 Å². The van der Waals surface area contributed by atoms with Gasteiger partial charge in [0, 0.05) is 6.61 Å². The SMILES string of the molecule is C[C](CCCO)C(N)=O. The van der Waals surface area contributed by atoms with Crippen LogP contribution < -0.4 is 5.73 Å². The van der Waals surface area contributed by atoms with Crippen LogP contribution in [0, 0.1) is 5.92 Å². The van der Waals surface area contributed by atoms with Crippen LogP contribution in [0.25, 0.3) is 0 Å². The molecule has 0 aromatic rings. The van der Waals surface area contributed by atoms with E-state index in [0.29, 0.717) is 18.8 Å². The van der Waals surface area contributed by atoms with Gasteiger partial charge in [0.05, 0.1) is 5.92 Å². The van der Waals surface area contributed by atoms with Crippen molar-refractivity contribution in [2.45, 2.75) is 19.8 Å². The molecule has 0 saturated heterocycles. The van der Waals surface area contributed by atoms with E-state index in [0.717, 1.165) is 0 Å². The molecule has 3 N–H and O–H groups in total. The first-order valence-electron chi connectivity index (χ1n) is 2.91. The van der Waals surface area contributed by atoms with Crippen molar-refractivity contribution in [2.75, 3.05) is 6.61 Å². The summed E-state index contributed by atoms with van der Waals surface area (Å²) in [5.41, 5.74) is 4.92.